The minimum absolute atomic E-state index is 0.130. The molecule has 2 N–H and O–H groups in total. The molecular weight excluding hydrogens is 370 g/mol. The highest BCUT2D eigenvalue weighted by atomic mass is 79.9. The zero-order valence-electron chi connectivity index (χ0n) is 9.94. The molecule has 1 atom stereocenters. The Bertz CT molecular complexity index is 687. The number of aromatic nitrogens is 2. The van der Waals surface area contributed by atoms with Crippen molar-refractivity contribution < 1.29 is 26.3 Å². The predicted octanol–water partition coefficient (Wildman–Crippen LogP) is 4.03. The number of alkyl halides is 7. The van der Waals surface area contributed by atoms with Crippen molar-refractivity contribution >= 4 is 27.0 Å². The van der Waals surface area contributed by atoms with Crippen LogP contribution in [0.1, 0.15) is 10.4 Å². The highest BCUT2D eigenvalue weighted by Crippen LogP contribution is 2.50. The molecule has 0 aliphatic carbocycles. The number of imidazole rings is 1. The van der Waals surface area contributed by atoms with E-state index in [9.17, 15) is 31.1 Å². The van der Waals surface area contributed by atoms with Gasteiger partial charge in [0.25, 0.3) is 0 Å². The molecule has 0 bridgehead atoms. The van der Waals surface area contributed by atoms with Crippen molar-refractivity contribution in [2.24, 2.45) is 5.92 Å². The minimum atomic E-state index is -5.45. The van der Waals surface area contributed by atoms with E-state index in [0.717, 1.165) is 12.1 Å². The summed E-state index contributed by atoms with van der Waals surface area (Å²) >= 11 is 2.47. The molecule has 21 heavy (non-hydrogen) atoms. The fourth-order valence-electron chi connectivity index (χ4n) is 1.93. The number of benzene rings is 1. The Kier molecular flexibility index (Phi) is 3.85. The molecule has 0 saturated heterocycles. The number of nitrogens with one attached hydrogen (secondary N) is 2. The van der Waals surface area contributed by atoms with Gasteiger partial charge in [0, 0.05) is 0 Å². The smallest absolute Gasteiger partial charge is 0.306 e. The van der Waals surface area contributed by atoms with Gasteiger partial charge in [-0.15, -0.1) is 0 Å². The molecule has 116 valence electrons. The molecule has 2 rings (SSSR count). The van der Waals surface area contributed by atoms with Crippen LogP contribution in [0.15, 0.2) is 23.0 Å². The van der Waals surface area contributed by atoms with Gasteiger partial charge in [-0.2, -0.15) is 26.3 Å². The average molecular weight is 377 g/mol. The van der Waals surface area contributed by atoms with Gasteiger partial charge < -0.3 is 9.97 Å². The van der Waals surface area contributed by atoms with Gasteiger partial charge >= 0.3 is 18.0 Å². The van der Waals surface area contributed by atoms with E-state index in [-0.39, 0.29) is 11.1 Å². The van der Waals surface area contributed by atoms with Crippen molar-refractivity contribution in [1.82, 2.24) is 9.97 Å². The van der Waals surface area contributed by atoms with E-state index >= 15 is 0 Å². The highest BCUT2D eigenvalue weighted by Gasteiger charge is 2.60. The van der Waals surface area contributed by atoms with Crippen molar-refractivity contribution in [3.8, 4) is 0 Å². The van der Waals surface area contributed by atoms with Crippen LogP contribution in [-0.4, -0.2) is 22.3 Å². The lowest BCUT2D eigenvalue weighted by atomic mass is 9.97. The van der Waals surface area contributed by atoms with Gasteiger partial charge in [0.05, 0.1) is 15.9 Å². The van der Waals surface area contributed by atoms with Crippen molar-refractivity contribution in [2.75, 3.05) is 0 Å². The second-order valence-corrected chi connectivity index (χ2v) is 5.33. The van der Waals surface area contributed by atoms with Gasteiger partial charge in [-0.05, 0) is 17.7 Å². The number of hydrogen-bond acceptors (Lipinski definition) is 1. The summed E-state index contributed by atoms with van der Waals surface area (Å²) < 4.78 is 75.9. The van der Waals surface area contributed by atoms with E-state index in [1.807, 2.05) is 0 Å². The van der Waals surface area contributed by atoms with E-state index < -0.39 is 28.8 Å². The fourth-order valence-corrected chi connectivity index (χ4v) is 2.82. The molecule has 0 radical (unpaired) electrons. The molecule has 0 aliphatic heterocycles. The molecule has 1 aromatic carbocycles. The van der Waals surface area contributed by atoms with Crippen molar-refractivity contribution in [1.29, 1.82) is 0 Å². The van der Waals surface area contributed by atoms with Crippen molar-refractivity contribution in [2.45, 2.75) is 17.2 Å². The summed E-state index contributed by atoms with van der Waals surface area (Å²) in [5, 5.41) is 0. The fraction of sp³-hybridized carbons (Fsp3) is 0.364. The summed E-state index contributed by atoms with van der Waals surface area (Å²) in [4.78, 5) is 13.6. The van der Waals surface area contributed by atoms with E-state index in [0.29, 0.717) is 5.52 Å². The number of hydrogen-bond donors (Lipinski definition) is 2. The van der Waals surface area contributed by atoms with E-state index in [4.69, 9.17) is 0 Å². The maximum atomic E-state index is 12.7. The second-order valence-electron chi connectivity index (χ2n) is 4.35. The van der Waals surface area contributed by atoms with E-state index in [2.05, 4.69) is 25.9 Å². The third-order valence-corrected chi connectivity index (χ3v) is 3.91. The lowest BCUT2D eigenvalue weighted by Crippen LogP contribution is -2.39. The zero-order chi connectivity index (χ0) is 16.0. The topological polar surface area (TPSA) is 48.6 Å². The van der Waals surface area contributed by atoms with Crippen LogP contribution in [0, 0.1) is 5.92 Å². The molecule has 0 amide bonds. The molecule has 1 heterocycles. The van der Waals surface area contributed by atoms with Gasteiger partial charge in [0.1, 0.15) is 0 Å². The summed E-state index contributed by atoms with van der Waals surface area (Å²) in [6.07, 6.45) is -10.9. The van der Waals surface area contributed by atoms with Gasteiger partial charge in [-0.1, -0.05) is 22.0 Å². The predicted molar refractivity (Wildman–Crippen MR) is 66.2 cm³/mol. The monoisotopic (exact) mass is 376 g/mol. The van der Waals surface area contributed by atoms with Crippen molar-refractivity contribution in [3.63, 3.8) is 0 Å². The van der Waals surface area contributed by atoms with Crippen molar-refractivity contribution in [3.05, 3.63) is 34.2 Å². The molecule has 0 saturated carbocycles. The zero-order valence-corrected chi connectivity index (χ0v) is 11.5. The van der Waals surface area contributed by atoms with E-state index in [1.54, 1.807) is 0 Å². The molecule has 10 heteroatoms. The number of fused-ring (bicyclic) bond motifs is 1. The number of H-pyrrole nitrogens is 2. The average Bonchev–Trinajstić information content (AvgIpc) is 2.63. The lowest BCUT2D eigenvalue weighted by Gasteiger charge is -2.27. The molecule has 1 aromatic heterocycles. The summed E-state index contributed by atoms with van der Waals surface area (Å²) in [7, 11) is 0. The van der Waals surface area contributed by atoms with Crippen LogP contribution in [0.3, 0.4) is 0 Å². The first kappa shape index (κ1) is 15.9. The van der Waals surface area contributed by atoms with Gasteiger partial charge in [0.2, 0.25) is 0 Å². The molecule has 3 nitrogen and oxygen atoms in total. The van der Waals surface area contributed by atoms with E-state index in [1.165, 1.54) is 6.07 Å². The molecule has 2 aromatic rings. The first-order chi connectivity index (χ1) is 9.50. The molecular formula is C11H7BrF6N2O. The van der Waals surface area contributed by atoms with Crippen LogP contribution < -0.4 is 5.69 Å². The maximum absolute atomic E-state index is 12.7. The van der Waals surface area contributed by atoms with Gasteiger partial charge in [-0.25, -0.2) is 4.79 Å². The minimum Gasteiger partial charge on any atom is -0.306 e. The Morgan fingerprint density at radius 1 is 0.952 bits per heavy atom. The Morgan fingerprint density at radius 2 is 1.48 bits per heavy atom. The lowest BCUT2D eigenvalue weighted by molar-refractivity contribution is -0.283. The molecule has 0 aliphatic rings. The summed E-state index contributed by atoms with van der Waals surface area (Å²) in [5.74, 6) is -3.55. The molecule has 1 unspecified atom stereocenters. The number of aromatic amines is 2. The van der Waals surface area contributed by atoms with Crippen LogP contribution in [0.25, 0.3) is 11.0 Å². The SMILES string of the molecule is O=c1[nH]c2ccc(C(Br)C(C(F)(F)F)C(F)(F)F)cc2[nH]1. The van der Waals surface area contributed by atoms with Gasteiger partial charge in [0.15, 0.2) is 5.92 Å². The highest BCUT2D eigenvalue weighted by molar-refractivity contribution is 9.09. The maximum Gasteiger partial charge on any atom is 0.401 e. The van der Waals surface area contributed by atoms with Crippen LogP contribution >= 0.6 is 15.9 Å². The number of halogens is 7. The Hall–Kier alpha value is -1.45. The Labute approximate surface area is 121 Å². The molecule has 0 fully saturated rings. The van der Waals surface area contributed by atoms with Gasteiger partial charge in [-0.3, -0.25) is 0 Å². The third kappa shape index (κ3) is 3.25. The summed E-state index contributed by atoms with van der Waals surface area (Å²) in [5.41, 5.74) is -0.419. The molecule has 0 spiro atoms. The Balaban J connectivity index is 2.47. The van der Waals surface area contributed by atoms with Crippen LogP contribution in [0.2, 0.25) is 0 Å². The van der Waals surface area contributed by atoms with Crippen LogP contribution in [0.5, 0.6) is 0 Å². The summed E-state index contributed by atoms with van der Waals surface area (Å²) in [6, 6.07) is 3.40. The Morgan fingerprint density at radius 3 is 2.00 bits per heavy atom. The summed E-state index contributed by atoms with van der Waals surface area (Å²) in [6.45, 7) is 0. The largest absolute Gasteiger partial charge is 0.401 e. The number of rotatable bonds is 2. The normalized spacial score (nSPS) is 14.9. The standard InChI is InChI=1S/C11H7BrF6N2O/c12-7(8(10(13,14)15)11(16,17)18)4-1-2-5-6(3-4)20-9(21)19-5/h1-3,7-8H,(H2,19,20,21). The first-order valence-electron chi connectivity index (χ1n) is 5.49. The third-order valence-electron chi connectivity index (χ3n) is 2.86. The second kappa shape index (κ2) is 5.08. The first-order valence-corrected chi connectivity index (χ1v) is 6.41. The quantitative estimate of drug-likeness (QED) is 0.603. The van der Waals surface area contributed by atoms with Crippen LogP contribution in [0.4, 0.5) is 26.3 Å². The van der Waals surface area contributed by atoms with Crippen LogP contribution in [-0.2, 0) is 0 Å².